The van der Waals surface area contributed by atoms with Crippen LogP contribution in [-0.4, -0.2) is 5.66 Å². The number of hydrogen-bond acceptors (Lipinski definition) is 2. The standard InChI is InChI=1S/C17H34N2/c1-11-5-12(2)8-15(7-11)17(18,19)16-9-13(3)6-14(4)10-16/h11-16H,5-10,18-19H2,1-4H3. The lowest BCUT2D eigenvalue weighted by Crippen LogP contribution is -2.63. The highest BCUT2D eigenvalue weighted by atomic mass is 15.0. The quantitative estimate of drug-likeness (QED) is 0.748. The summed E-state index contributed by atoms with van der Waals surface area (Å²) in [6, 6.07) is 0. The Kier molecular flexibility index (Phi) is 4.62. The molecule has 0 aromatic heterocycles. The van der Waals surface area contributed by atoms with Crippen LogP contribution in [0.3, 0.4) is 0 Å². The van der Waals surface area contributed by atoms with Gasteiger partial charge in [-0.2, -0.15) is 0 Å². The van der Waals surface area contributed by atoms with E-state index in [0.29, 0.717) is 11.8 Å². The third-order valence-electron chi connectivity index (χ3n) is 5.77. The van der Waals surface area contributed by atoms with Crippen LogP contribution in [0.15, 0.2) is 0 Å². The highest BCUT2D eigenvalue weighted by Crippen LogP contribution is 2.44. The van der Waals surface area contributed by atoms with E-state index in [-0.39, 0.29) is 0 Å². The fraction of sp³-hybridized carbons (Fsp3) is 1.00. The zero-order valence-corrected chi connectivity index (χ0v) is 13.4. The van der Waals surface area contributed by atoms with Crippen molar-refractivity contribution in [2.75, 3.05) is 0 Å². The Morgan fingerprint density at radius 3 is 1.11 bits per heavy atom. The van der Waals surface area contributed by atoms with Gasteiger partial charge in [0.25, 0.3) is 0 Å². The van der Waals surface area contributed by atoms with Crippen LogP contribution >= 0.6 is 0 Å². The summed E-state index contributed by atoms with van der Waals surface area (Å²) in [6.07, 6.45) is 7.63. The zero-order valence-electron chi connectivity index (χ0n) is 13.4. The van der Waals surface area contributed by atoms with Crippen molar-refractivity contribution in [1.29, 1.82) is 0 Å². The van der Waals surface area contributed by atoms with Gasteiger partial charge in [0.05, 0.1) is 5.66 Å². The molecule has 2 aliphatic rings. The van der Waals surface area contributed by atoms with Gasteiger partial charge >= 0.3 is 0 Å². The fourth-order valence-electron chi connectivity index (χ4n) is 5.04. The molecule has 4 N–H and O–H groups in total. The average molecular weight is 266 g/mol. The predicted octanol–water partition coefficient (Wildman–Crippen LogP) is 3.74. The SMILES string of the molecule is CC1CC(C)CC(C(N)(N)C2CC(C)CC(C)C2)C1. The van der Waals surface area contributed by atoms with E-state index in [9.17, 15) is 0 Å². The molecule has 2 fully saturated rings. The number of hydrogen-bond donors (Lipinski definition) is 2. The van der Waals surface area contributed by atoms with Gasteiger partial charge in [0.15, 0.2) is 0 Å². The van der Waals surface area contributed by atoms with Gasteiger partial charge in [0.1, 0.15) is 0 Å². The first-order valence-electron chi connectivity index (χ1n) is 8.36. The summed E-state index contributed by atoms with van der Waals surface area (Å²) in [5, 5.41) is 0. The van der Waals surface area contributed by atoms with Crippen molar-refractivity contribution < 1.29 is 0 Å². The third-order valence-corrected chi connectivity index (χ3v) is 5.77. The molecule has 2 rings (SSSR count). The van der Waals surface area contributed by atoms with E-state index in [4.69, 9.17) is 11.5 Å². The Morgan fingerprint density at radius 1 is 0.579 bits per heavy atom. The summed E-state index contributed by atoms with van der Waals surface area (Å²) in [7, 11) is 0. The molecule has 0 aliphatic heterocycles. The fourth-order valence-corrected chi connectivity index (χ4v) is 5.04. The van der Waals surface area contributed by atoms with Gasteiger partial charge in [-0.25, -0.2) is 0 Å². The Bertz CT molecular complexity index is 252. The molecule has 2 heteroatoms. The summed E-state index contributed by atoms with van der Waals surface area (Å²) in [5.74, 6) is 4.21. The van der Waals surface area contributed by atoms with Gasteiger partial charge in [-0.15, -0.1) is 0 Å². The van der Waals surface area contributed by atoms with Gasteiger partial charge in [-0.3, -0.25) is 0 Å². The van der Waals surface area contributed by atoms with Crippen molar-refractivity contribution in [3.05, 3.63) is 0 Å². The normalized spacial score (nSPS) is 45.2. The van der Waals surface area contributed by atoms with Crippen LogP contribution in [-0.2, 0) is 0 Å². The maximum atomic E-state index is 6.69. The lowest BCUT2D eigenvalue weighted by Gasteiger charge is -2.48. The van der Waals surface area contributed by atoms with Crippen LogP contribution in [0.5, 0.6) is 0 Å². The number of rotatable bonds is 2. The lowest BCUT2D eigenvalue weighted by molar-refractivity contribution is 0.0515. The summed E-state index contributed by atoms with van der Waals surface area (Å²) in [5.41, 5.74) is 12.9. The first-order valence-corrected chi connectivity index (χ1v) is 8.36. The molecule has 112 valence electrons. The molecule has 4 atom stereocenters. The molecule has 4 unspecified atom stereocenters. The summed E-state index contributed by atoms with van der Waals surface area (Å²) in [6.45, 7) is 9.46. The molecule has 2 nitrogen and oxygen atoms in total. The van der Waals surface area contributed by atoms with E-state index in [2.05, 4.69) is 27.7 Å². The second-order valence-corrected chi connectivity index (χ2v) is 8.23. The second kappa shape index (κ2) is 5.73. The van der Waals surface area contributed by atoms with Crippen LogP contribution in [0.4, 0.5) is 0 Å². The largest absolute Gasteiger partial charge is 0.313 e. The highest BCUT2D eigenvalue weighted by Gasteiger charge is 2.43. The minimum Gasteiger partial charge on any atom is -0.313 e. The van der Waals surface area contributed by atoms with Gasteiger partial charge < -0.3 is 11.5 Å². The minimum absolute atomic E-state index is 0.439. The first-order chi connectivity index (χ1) is 8.79. The molecule has 0 spiro atoms. The molecule has 0 aromatic rings. The molecule has 0 aromatic carbocycles. The number of nitrogens with two attached hydrogens (primary N) is 2. The van der Waals surface area contributed by atoms with Crippen molar-refractivity contribution in [3.8, 4) is 0 Å². The molecule has 2 aliphatic carbocycles. The van der Waals surface area contributed by atoms with Crippen LogP contribution in [0, 0.1) is 35.5 Å². The van der Waals surface area contributed by atoms with E-state index < -0.39 is 5.66 Å². The maximum absolute atomic E-state index is 6.69. The highest BCUT2D eigenvalue weighted by molar-refractivity contribution is 4.97. The van der Waals surface area contributed by atoms with E-state index in [1.165, 1.54) is 38.5 Å². The van der Waals surface area contributed by atoms with Gasteiger partial charge in [0.2, 0.25) is 0 Å². The topological polar surface area (TPSA) is 52.0 Å². The summed E-state index contributed by atoms with van der Waals surface area (Å²) >= 11 is 0. The Morgan fingerprint density at radius 2 is 0.842 bits per heavy atom. The summed E-state index contributed by atoms with van der Waals surface area (Å²) < 4.78 is 0. The van der Waals surface area contributed by atoms with E-state index in [0.717, 1.165) is 23.7 Å². The van der Waals surface area contributed by atoms with Crippen molar-refractivity contribution in [1.82, 2.24) is 0 Å². The van der Waals surface area contributed by atoms with Crippen LogP contribution in [0.1, 0.15) is 66.2 Å². The first kappa shape index (κ1) is 15.3. The molecular weight excluding hydrogens is 232 g/mol. The molecular formula is C17H34N2. The second-order valence-electron chi connectivity index (χ2n) is 8.23. The van der Waals surface area contributed by atoms with Crippen molar-refractivity contribution in [3.63, 3.8) is 0 Å². The van der Waals surface area contributed by atoms with Crippen LogP contribution in [0.2, 0.25) is 0 Å². The van der Waals surface area contributed by atoms with Crippen molar-refractivity contribution in [2.24, 2.45) is 47.0 Å². The molecule has 0 heterocycles. The van der Waals surface area contributed by atoms with Gasteiger partial charge in [-0.1, -0.05) is 27.7 Å². The smallest absolute Gasteiger partial charge is 0.0694 e. The molecule has 0 amide bonds. The average Bonchev–Trinajstić information content (AvgIpc) is 2.26. The zero-order chi connectivity index (χ0) is 14.2. The Balaban J connectivity index is 2.07. The maximum Gasteiger partial charge on any atom is 0.0694 e. The molecule has 2 saturated carbocycles. The van der Waals surface area contributed by atoms with Crippen molar-refractivity contribution >= 4 is 0 Å². The molecule has 0 bridgehead atoms. The lowest BCUT2D eigenvalue weighted by atomic mass is 9.63. The summed E-state index contributed by atoms with van der Waals surface area (Å²) in [4.78, 5) is 0. The van der Waals surface area contributed by atoms with Crippen molar-refractivity contribution in [2.45, 2.75) is 71.9 Å². The monoisotopic (exact) mass is 266 g/mol. The molecule has 19 heavy (non-hydrogen) atoms. The third kappa shape index (κ3) is 3.52. The molecule has 0 radical (unpaired) electrons. The minimum atomic E-state index is -0.439. The Hall–Kier alpha value is -0.0800. The predicted molar refractivity (Wildman–Crippen MR) is 82.4 cm³/mol. The van der Waals surface area contributed by atoms with E-state index in [1.54, 1.807) is 0 Å². The van der Waals surface area contributed by atoms with Crippen LogP contribution < -0.4 is 11.5 Å². The van der Waals surface area contributed by atoms with Crippen LogP contribution in [0.25, 0.3) is 0 Å². The van der Waals surface area contributed by atoms with Gasteiger partial charge in [0, 0.05) is 0 Å². The van der Waals surface area contributed by atoms with E-state index in [1.807, 2.05) is 0 Å². The van der Waals surface area contributed by atoms with E-state index >= 15 is 0 Å². The Labute approximate surface area is 119 Å². The van der Waals surface area contributed by atoms with Gasteiger partial charge in [-0.05, 0) is 74.0 Å². The molecule has 0 saturated heterocycles.